The lowest BCUT2D eigenvalue weighted by Crippen LogP contribution is -2.05. The number of aromatic nitrogens is 4. The zero-order valence-corrected chi connectivity index (χ0v) is 13.4. The third-order valence-electron chi connectivity index (χ3n) is 3.22. The SMILES string of the molecule is CCc1nn(C)c2c1nc(N)n2-c1ccc(Cl)cc1Br. The Balaban J connectivity index is 2.36. The minimum absolute atomic E-state index is 0.436. The molecule has 104 valence electrons. The lowest BCUT2D eigenvalue weighted by Gasteiger charge is -2.09. The summed E-state index contributed by atoms with van der Waals surface area (Å²) in [6, 6.07) is 5.56. The molecule has 1 aromatic carbocycles. The van der Waals surface area contributed by atoms with E-state index in [1.807, 2.05) is 29.8 Å². The van der Waals surface area contributed by atoms with Crippen LogP contribution >= 0.6 is 27.5 Å². The van der Waals surface area contributed by atoms with E-state index < -0.39 is 0 Å². The maximum absolute atomic E-state index is 6.09. The first kappa shape index (κ1) is 13.5. The Morgan fingerprint density at radius 1 is 1.40 bits per heavy atom. The van der Waals surface area contributed by atoms with Crippen LogP contribution in [0.3, 0.4) is 0 Å². The lowest BCUT2D eigenvalue weighted by atomic mass is 10.3. The molecule has 20 heavy (non-hydrogen) atoms. The molecule has 3 rings (SSSR count). The summed E-state index contributed by atoms with van der Waals surface area (Å²) in [4.78, 5) is 4.45. The third-order valence-corrected chi connectivity index (χ3v) is 4.09. The van der Waals surface area contributed by atoms with Crippen LogP contribution in [0.1, 0.15) is 12.6 Å². The number of nitrogen functional groups attached to an aromatic ring is 1. The van der Waals surface area contributed by atoms with Crippen molar-refractivity contribution in [1.29, 1.82) is 0 Å². The van der Waals surface area contributed by atoms with Gasteiger partial charge in [0.1, 0.15) is 5.52 Å². The molecule has 0 amide bonds. The largest absolute Gasteiger partial charge is 0.369 e. The second-order valence-electron chi connectivity index (χ2n) is 4.50. The summed E-state index contributed by atoms with van der Waals surface area (Å²) in [5.74, 6) is 0.436. The number of nitrogens with two attached hydrogens (primary N) is 1. The molecule has 0 bridgehead atoms. The molecule has 0 aliphatic rings. The highest BCUT2D eigenvalue weighted by atomic mass is 79.9. The van der Waals surface area contributed by atoms with Crippen molar-refractivity contribution in [2.24, 2.45) is 7.05 Å². The highest BCUT2D eigenvalue weighted by molar-refractivity contribution is 9.10. The summed E-state index contributed by atoms with van der Waals surface area (Å²) in [7, 11) is 1.89. The standard InChI is InChI=1S/C13H13BrClN5/c1-3-9-11-12(19(2)18-9)20(13(16)17-11)10-5-4-7(15)6-8(10)14/h4-6H,3H2,1-2H3,(H2,16,17). The molecule has 0 spiro atoms. The fourth-order valence-electron chi connectivity index (χ4n) is 2.33. The maximum Gasteiger partial charge on any atom is 0.207 e. The van der Waals surface area contributed by atoms with Gasteiger partial charge in [0.05, 0.1) is 11.4 Å². The Bertz CT molecular complexity index is 805. The monoisotopic (exact) mass is 353 g/mol. The van der Waals surface area contributed by atoms with Crippen molar-refractivity contribution < 1.29 is 0 Å². The fraction of sp³-hybridized carbons (Fsp3) is 0.231. The fourth-order valence-corrected chi connectivity index (χ4v) is 3.19. The Kier molecular flexibility index (Phi) is 3.22. The van der Waals surface area contributed by atoms with Crippen LogP contribution < -0.4 is 5.73 Å². The molecular formula is C13H13BrClN5. The molecule has 0 aliphatic carbocycles. The van der Waals surface area contributed by atoms with E-state index in [-0.39, 0.29) is 0 Å². The van der Waals surface area contributed by atoms with E-state index in [0.29, 0.717) is 11.0 Å². The Hall–Kier alpha value is -1.53. The van der Waals surface area contributed by atoms with Crippen LogP contribution in [0, 0.1) is 0 Å². The number of anilines is 1. The summed E-state index contributed by atoms with van der Waals surface area (Å²) >= 11 is 9.51. The molecule has 2 heterocycles. The summed E-state index contributed by atoms with van der Waals surface area (Å²) in [5.41, 5.74) is 9.64. The van der Waals surface area contributed by atoms with Crippen molar-refractivity contribution in [2.45, 2.75) is 13.3 Å². The summed E-state index contributed by atoms with van der Waals surface area (Å²) in [6.45, 7) is 2.05. The van der Waals surface area contributed by atoms with Crippen LogP contribution in [0.4, 0.5) is 5.95 Å². The molecule has 0 fully saturated rings. The highest BCUT2D eigenvalue weighted by Crippen LogP contribution is 2.31. The normalized spacial score (nSPS) is 11.4. The first-order valence-corrected chi connectivity index (χ1v) is 7.35. The molecule has 5 nitrogen and oxygen atoms in total. The van der Waals surface area contributed by atoms with Gasteiger partial charge in [0.15, 0.2) is 5.65 Å². The van der Waals surface area contributed by atoms with Gasteiger partial charge in [-0.2, -0.15) is 5.10 Å². The lowest BCUT2D eigenvalue weighted by molar-refractivity contribution is 0.751. The van der Waals surface area contributed by atoms with Gasteiger partial charge < -0.3 is 5.73 Å². The molecule has 0 saturated carbocycles. The quantitative estimate of drug-likeness (QED) is 0.768. The molecule has 3 aromatic rings. The van der Waals surface area contributed by atoms with Crippen molar-refractivity contribution in [2.75, 3.05) is 5.73 Å². The van der Waals surface area contributed by atoms with E-state index >= 15 is 0 Å². The van der Waals surface area contributed by atoms with Gasteiger partial charge in [-0.05, 0) is 40.5 Å². The van der Waals surface area contributed by atoms with E-state index in [1.54, 1.807) is 4.68 Å². The summed E-state index contributed by atoms with van der Waals surface area (Å²) in [5, 5.41) is 5.14. The van der Waals surface area contributed by atoms with Gasteiger partial charge in [-0.25, -0.2) is 9.67 Å². The van der Waals surface area contributed by atoms with E-state index in [2.05, 4.69) is 32.9 Å². The Morgan fingerprint density at radius 2 is 2.15 bits per heavy atom. The van der Waals surface area contributed by atoms with E-state index in [1.165, 1.54) is 0 Å². The summed E-state index contributed by atoms with van der Waals surface area (Å²) in [6.07, 6.45) is 0.815. The van der Waals surface area contributed by atoms with Crippen LogP contribution in [0.2, 0.25) is 5.02 Å². The minimum atomic E-state index is 0.436. The van der Waals surface area contributed by atoms with Crippen LogP contribution in [0.15, 0.2) is 22.7 Å². The third kappa shape index (κ3) is 1.91. The number of benzene rings is 1. The first-order valence-electron chi connectivity index (χ1n) is 6.18. The van der Waals surface area contributed by atoms with Crippen LogP contribution in [-0.4, -0.2) is 19.3 Å². The van der Waals surface area contributed by atoms with Gasteiger partial charge >= 0.3 is 0 Å². The molecule has 0 saturated heterocycles. The molecule has 7 heteroatoms. The summed E-state index contributed by atoms with van der Waals surface area (Å²) < 4.78 is 4.54. The molecule has 2 aromatic heterocycles. The van der Waals surface area contributed by atoms with Crippen molar-refractivity contribution >= 4 is 44.6 Å². The van der Waals surface area contributed by atoms with Gasteiger partial charge in [-0.3, -0.25) is 4.57 Å². The number of hydrogen-bond donors (Lipinski definition) is 1. The minimum Gasteiger partial charge on any atom is -0.369 e. The van der Waals surface area contributed by atoms with Gasteiger partial charge in [-0.15, -0.1) is 0 Å². The maximum atomic E-state index is 6.09. The average molecular weight is 355 g/mol. The molecular weight excluding hydrogens is 342 g/mol. The molecule has 0 unspecified atom stereocenters. The zero-order chi connectivity index (χ0) is 14.4. The van der Waals surface area contributed by atoms with Gasteiger partial charge in [0.25, 0.3) is 0 Å². The van der Waals surface area contributed by atoms with E-state index in [4.69, 9.17) is 17.3 Å². The van der Waals surface area contributed by atoms with E-state index in [0.717, 1.165) is 33.4 Å². The smallest absolute Gasteiger partial charge is 0.207 e. The Morgan fingerprint density at radius 3 is 2.80 bits per heavy atom. The zero-order valence-electron chi connectivity index (χ0n) is 11.1. The van der Waals surface area contributed by atoms with Crippen LogP contribution in [-0.2, 0) is 13.5 Å². The number of fused-ring (bicyclic) bond motifs is 1. The highest BCUT2D eigenvalue weighted by Gasteiger charge is 2.19. The van der Waals surface area contributed by atoms with Gasteiger partial charge in [-0.1, -0.05) is 18.5 Å². The molecule has 0 aliphatic heterocycles. The van der Waals surface area contributed by atoms with Crippen molar-refractivity contribution in [3.05, 3.63) is 33.4 Å². The van der Waals surface area contributed by atoms with Crippen molar-refractivity contribution in [3.63, 3.8) is 0 Å². The van der Waals surface area contributed by atoms with E-state index in [9.17, 15) is 0 Å². The second kappa shape index (κ2) is 4.79. The number of aryl methyl sites for hydroxylation is 2. The number of nitrogens with zero attached hydrogens (tertiary/aromatic N) is 4. The molecule has 0 radical (unpaired) electrons. The van der Waals surface area contributed by atoms with Crippen LogP contribution in [0.5, 0.6) is 0 Å². The predicted molar refractivity (Wildman–Crippen MR) is 84.3 cm³/mol. The number of imidazole rings is 1. The molecule has 2 N–H and O–H groups in total. The Labute approximate surface area is 129 Å². The van der Waals surface area contributed by atoms with Crippen molar-refractivity contribution in [1.82, 2.24) is 19.3 Å². The van der Waals surface area contributed by atoms with Gasteiger partial charge in [0, 0.05) is 16.5 Å². The van der Waals surface area contributed by atoms with Crippen molar-refractivity contribution in [3.8, 4) is 5.69 Å². The number of halogens is 2. The number of rotatable bonds is 2. The number of hydrogen-bond acceptors (Lipinski definition) is 3. The molecule has 0 atom stereocenters. The second-order valence-corrected chi connectivity index (χ2v) is 5.79. The van der Waals surface area contributed by atoms with Gasteiger partial charge in [0.2, 0.25) is 5.95 Å². The van der Waals surface area contributed by atoms with Crippen LogP contribution in [0.25, 0.3) is 16.9 Å². The average Bonchev–Trinajstić information content (AvgIpc) is 2.87. The topological polar surface area (TPSA) is 61.7 Å². The first-order chi connectivity index (χ1) is 9.52. The predicted octanol–water partition coefficient (Wildman–Crippen LogP) is 3.32.